The largest absolute Gasteiger partial charge is 0.444 e. The fourth-order valence-electron chi connectivity index (χ4n) is 4.62. The minimum Gasteiger partial charge on any atom is -0.444 e. The van der Waals surface area contributed by atoms with E-state index in [1.54, 1.807) is 29.4 Å². The minimum absolute atomic E-state index is 0.105. The van der Waals surface area contributed by atoms with Gasteiger partial charge >= 0.3 is 11.8 Å². The summed E-state index contributed by atoms with van der Waals surface area (Å²) in [6, 6.07) is 4.78. The van der Waals surface area contributed by atoms with Crippen LogP contribution in [0.5, 0.6) is 0 Å². The first-order valence-corrected chi connectivity index (χ1v) is 13.1. The third kappa shape index (κ3) is 6.03. The van der Waals surface area contributed by atoms with Crippen molar-refractivity contribution in [2.45, 2.75) is 72.1 Å². The molecule has 1 aromatic carbocycles. The van der Waals surface area contributed by atoms with Crippen LogP contribution >= 0.6 is 0 Å². The van der Waals surface area contributed by atoms with Gasteiger partial charge in [-0.25, -0.2) is 33.2 Å². The molecule has 0 spiro atoms. The highest BCUT2D eigenvalue weighted by Gasteiger charge is 2.30. The predicted molar refractivity (Wildman–Crippen MR) is 143 cm³/mol. The van der Waals surface area contributed by atoms with Crippen molar-refractivity contribution in [1.82, 2.24) is 29.2 Å². The van der Waals surface area contributed by atoms with Gasteiger partial charge in [0, 0.05) is 50.2 Å². The number of amides is 1. The van der Waals surface area contributed by atoms with E-state index in [1.807, 2.05) is 34.6 Å². The average Bonchev–Trinajstić information content (AvgIpc) is 3.24. The fraction of sp³-hybridized carbons (Fsp3) is 0.519. The maximum Gasteiger partial charge on any atom is 0.410 e. The first-order valence-electron chi connectivity index (χ1n) is 13.1. The number of hydrogen-bond acceptors (Lipinski definition) is 7. The lowest BCUT2D eigenvalue weighted by Crippen LogP contribution is -2.49. The molecule has 11 heteroatoms. The van der Waals surface area contributed by atoms with Crippen LogP contribution in [-0.4, -0.2) is 66.6 Å². The second-order valence-electron chi connectivity index (χ2n) is 10.4. The summed E-state index contributed by atoms with van der Waals surface area (Å²) in [4.78, 5) is 38.0. The van der Waals surface area contributed by atoms with Gasteiger partial charge in [0.1, 0.15) is 17.7 Å². The molecule has 1 amide bonds. The van der Waals surface area contributed by atoms with Crippen molar-refractivity contribution >= 4 is 12.0 Å². The quantitative estimate of drug-likeness (QED) is 0.454. The van der Waals surface area contributed by atoms with Gasteiger partial charge in [-0.3, -0.25) is 0 Å². The van der Waals surface area contributed by atoms with Gasteiger partial charge in [-0.15, -0.1) is 0 Å². The summed E-state index contributed by atoms with van der Waals surface area (Å²) in [5, 5.41) is 4.05. The van der Waals surface area contributed by atoms with E-state index in [0.717, 1.165) is 19.3 Å². The normalized spacial score (nSPS) is 14.5. The van der Waals surface area contributed by atoms with Gasteiger partial charge in [0.15, 0.2) is 0 Å². The van der Waals surface area contributed by atoms with Crippen molar-refractivity contribution in [3.63, 3.8) is 0 Å². The van der Waals surface area contributed by atoms with Crippen LogP contribution in [0.2, 0.25) is 0 Å². The van der Waals surface area contributed by atoms with E-state index in [-0.39, 0.29) is 23.5 Å². The van der Waals surface area contributed by atoms with Gasteiger partial charge in [-0.2, -0.15) is 5.10 Å². The Morgan fingerprint density at radius 1 is 1.13 bits per heavy atom. The van der Waals surface area contributed by atoms with Gasteiger partial charge in [-0.05, 0) is 64.7 Å². The molecule has 1 fully saturated rings. The van der Waals surface area contributed by atoms with Crippen molar-refractivity contribution in [2.24, 2.45) is 0 Å². The van der Waals surface area contributed by atoms with E-state index in [2.05, 4.69) is 20.0 Å². The summed E-state index contributed by atoms with van der Waals surface area (Å²) in [5.74, 6) is 0.0664. The molecule has 0 radical (unpaired) electrons. The van der Waals surface area contributed by atoms with Gasteiger partial charge in [0.05, 0.1) is 5.69 Å². The number of halogens is 1. The molecular weight excluding hydrogens is 489 g/mol. The van der Waals surface area contributed by atoms with E-state index in [1.165, 1.54) is 21.6 Å². The van der Waals surface area contributed by atoms with E-state index in [9.17, 15) is 14.0 Å². The molecule has 1 saturated heterocycles. The zero-order valence-corrected chi connectivity index (χ0v) is 22.7. The summed E-state index contributed by atoms with van der Waals surface area (Å²) in [5.41, 5.74) is 0.531. The zero-order valence-electron chi connectivity index (χ0n) is 22.7. The molecule has 0 aliphatic carbocycles. The lowest BCUT2D eigenvalue weighted by molar-refractivity contribution is 0.0149. The number of aromatic nitrogens is 5. The highest BCUT2D eigenvalue weighted by atomic mass is 19.1. The molecule has 2 aromatic heterocycles. The fourth-order valence-corrected chi connectivity index (χ4v) is 4.62. The summed E-state index contributed by atoms with van der Waals surface area (Å²) in [6.07, 6.45) is 6.75. The monoisotopic (exact) mass is 525 g/mol. The molecular formula is C27H36FN7O3. The first kappa shape index (κ1) is 27.3. The maximum atomic E-state index is 15.0. The van der Waals surface area contributed by atoms with E-state index in [0.29, 0.717) is 43.3 Å². The number of anilines is 1. The van der Waals surface area contributed by atoms with E-state index >= 15 is 0 Å². The number of aryl methyl sites for hydroxylation is 1. The highest BCUT2D eigenvalue weighted by Crippen LogP contribution is 2.25. The molecule has 4 rings (SSSR count). The number of piperidine rings is 1. The van der Waals surface area contributed by atoms with Crippen LogP contribution in [0.1, 0.15) is 53.9 Å². The van der Waals surface area contributed by atoms with Crippen LogP contribution in [0.3, 0.4) is 0 Å². The number of nitrogens with zero attached hydrogens (tertiary/aromatic N) is 7. The third-order valence-corrected chi connectivity index (χ3v) is 6.50. The minimum atomic E-state index is -0.530. The molecule has 3 heterocycles. The number of ether oxygens (including phenoxy) is 1. The maximum absolute atomic E-state index is 15.0. The SMILES string of the molecule is CCCn1ncn(-c2ccc(-c3cnc(N4CCC(N(CC)C(=O)OC(C)(C)C)CC4)nc3)cc2F)c1=O. The van der Waals surface area contributed by atoms with Gasteiger partial charge in [0.25, 0.3) is 0 Å². The number of benzene rings is 1. The second-order valence-corrected chi connectivity index (χ2v) is 10.4. The van der Waals surface area contributed by atoms with Crippen molar-refractivity contribution in [3.05, 3.63) is 53.2 Å². The number of rotatable bonds is 7. The summed E-state index contributed by atoms with van der Waals surface area (Å²) in [7, 11) is 0. The Hall–Kier alpha value is -3.76. The van der Waals surface area contributed by atoms with Crippen molar-refractivity contribution < 1.29 is 13.9 Å². The Morgan fingerprint density at radius 3 is 2.39 bits per heavy atom. The number of carbonyl (C=O) groups excluding carboxylic acids is 1. The molecule has 3 aromatic rings. The molecule has 204 valence electrons. The molecule has 1 aliphatic rings. The highest BCUT2D eigenvalue weighted by molar-refractivity contribution is 5.68. The molecule has 38 heavy (non-hydrogen) atoms. The van der Waals surface area contributed by atoms with Crippen LogP contribution in [0, 0.1) is 5.82 Å². The van der Waals surface area contributed by atoms with Crippen LogP contribution in [0.15, 0.2) is 41.7 Å². The van der Waals surface area contributed by atoms with Gasteiger partial charge in [0.2, 0.25) is 5.95 Å². The zero-order chi connectivity index (χ0) is 27.4. The predicted octanol–water partition coefficient (Wildman–Crippen LogP) is 4.27. The molecule has 10 nitrogen and oxygen atoms in total. The Kier molecular flexibility index (Phi) is 8.13. The third-order valence-electron chi connectivity index (χ3n) is 6.50. The summed E-state index contributed by atoms with van der Waals surface area (Å²) >= 11 is 0. The van der Waals surface area contributed by atoms with Gasteiger partial charge < -0.3 is 14.5 Å². The van der Waals surface area contributed by atoms with E-state index < -0.39 is 11.4 Å². The Bertz CT molecular complexity index is 1310. The van der Waals surface area contributed by atoms with Crippen LogP contribution in [-0.2, 0) is 11.3 Å². The Balaban J connectivity index is 1.41. The number of carbonyl (C=O) groups is 1. The Morgan fingerprint density at radius 2 is 1.82 bits per heavy atom. The summed E-state index contributed by atoms with van der Waals surface area (Å²) < 4.78 is 23.1. The molecule has 0 saturated carbocycles. The molecule has 0 unspecified atom stereocenters. The molecule has 0 atom stereocenters. The smallest absolute Gasteiger partial charge is 0.410 e. The van der Waals surface area contributed by atoms with Crippen molar-refractivity contribution in [2.75, 3.05) is 24.5 Å². The van der Waals surface area contributed by atoms with Crippen LogP contribution in [0.25, 0.3) is 16.8 Å². The number of hydrogen-bond donors (Lipinski definition) is 0. The first-order chi connectivity index (χ1) is 18.1. The Labute approximate surface area is 222 Å². The molecule has 0 N–H and O–H groups in total. The van der Waals surface area contributed by atoms with Crippen molar-refractivity contribution in [3.8, 4) is 16.8 Å². The molecule has 0 bridgehead atoms. The summed E-state index contributed by atoms with van der Waals surface area (Å²) in [6.45, 7) is 12.0. The van der Waals surface area contributed by atoms with Gasteiger partial charge in [-0.1, -0.05) is 13.0 Å². The lowest BCUT2D eigenvalue weighted by atomic mass is 10.0. The average molecular weight is 526 g/mol. The second kappa shape index (κ2) is 11.3. The molecule has 1 aliphatic heterocycles. The standard InChI is InChI=1S/C27H36FN7O3/c1-6-12-35-25(36)34(18-31-35)23-9-8-19(15-22(23)28)20-16-29-24(30-17-20)32-13-10-21(11-14-32)33(7-2)26(37)38-27(3,4)5/h8-9,15-18,21H,6-7,10-14H2,1-5H3. The van der Waals surface area contributed by atoms with Crippen molar-refractivity contribution in [1.29, 1.82) is 0 Å². The lowest BCUT2D eigenvalue weighted by Gasteiger charge is -2.38. The topological polar surface area (TPSA) is 98.4 Å². The van der Waals surface area contributed by atoms with Crippen LogP contribution < -0.4 is 10.6 Å². The van der Waals surface area contributed by atoms with Crippen LogP contribution in [0.4, 0.5) is 15.1 Å². The van der Waals surface area contributed by atoms with E-state index in [4.69, 9.17) is 4.74 Å².